The SMILES string of the molecule is CNC(=O)C1(C(=O)NO)CC1. The zero-order valence-electron chi connectivity index (χ0n) is 6.18. The van der Waals surface area contributed by atoms with E-state index in [1.54, 1.807) is 0 Å². The van der Waals surface area contributed by atoms with Crippen molar-refractivity contribution in [2.45, 2.75) is 12.8 Å². The molecule has 62 valence electrons. The van der Waals surface area contributed by atoms with Gasteiger partial charge in [-0.1, -0.05) is 0 Å². The van der Waals surface area contributed by atoms with Gasteiger partial charge in [-0.2, -0.15) is 0 Å². The van der Waals surface area contributed by atoms with Crippen LogP contribution >= 0.6 is 0 Å². The van der Waals surface area contributed by atoms with Crippen molar-refractivity contribution in [3.05, 3.63) is 0 Å². The zero-order valence-corrected chi connectivity index (χ0v) is 6.18. The molecule has 1 aliphatic carbocycles. The van der Waals surface area contributed by atoms with E-state index < -0.39 is 11.3 Å². The number of amides is 2. The van der Waals surface area contributed by atoms with E-state index in [0.29, 0.717) is 12.8 Å². The third kappa shape index (κ3) is 1.07. The Morgan fingerprint density at radius 3 is 2.18 bits per heavy atom. The van der Waals surface area contributed by atoms with Crippen LogP contribution in [0.2, 0.25) is 0 Å². The van der Waals surface area contributed by atoms with E-state index in [2.05, 4.69) is 5.32 Å². The van der Waals surface area contributed by atoms with E-state index in [1.807, 2.05) is 0 Å². The molecule has 0 spiro atoms. The van der Waals surface area contributed by atoms with Crippen LogP contribution in [0.3, 0.4) is 0 Å². The fourth-order valence-corrected chi connectivity index (χ4v) is 1.03. The summed E-state index contributed by atoms with van der Waals surface area (Å²) in [7, 11) is 1.47. The van der Waals surface area contributed by atoms with Gasteiger partial charge in [-0.25, -0.2) is 5.48 Å². The third-order valence-electron chi connectivity index (χ3n) is 1.95. The topological polar surface area (TPSA) is 78.4 Å². The maximum Gasteiger partial charge on any atom is 0.259 e. The summed E-state index contributed by atoms with van der Waals surface area (Å²) in [6, 6.07) is 0. The first-order valence-corrected chi connectivity index (χ1v) is 3.34. The molecule has 11 heavy (non-hydrogen) atoms. The Labute approximate surface area is 63.7 Å². The van der Waals surface area contributed by atoms with E-state index in [4.69, 9.17) is 5.21 Å². The molecule has 3 N–H and O–H groups in total. The van der Waals surface area contributed by atoms with Crippen molar-refractivity contribution in [3.63, 3.8) is 0 Å². The van der Waals surface area contributed by atoms with Gasteiger partial charge >= 0.3 is 0 Å². The Kier molecular flexibility index (Phi) is 1.82. The molecule has 0 aromatic heterocycles. The van der Waals surface area contributed by atoms with Crippen LogP contribution in [0, 0.1) is 5.41 Å². The molecular weight excluding hydrogens is 148 g/mol. The van der Waals surface area contributed by atoms with Crippen molar-refractivity contribution in [2.24, 2.45) is 5.41 Å². The van der Waals surface area contributed by atoms with E-state index in [-0.39, 0.29) is 5.91 Å². The number of rotatable bonds is 2. The minimum atomic E-state index is -0.983. The summed E-state index contributed by atoms with van der Waals surface area (Å²) in [5, 5.41) is 10.6. The predicted molar refractivity (Wildman–Crippen MR) is 35.7 cm³/mol. The van der Waals surface area contributed by atoms with Crippen molar-refractivity contribution < 1.29 is 14.8 Å². The van der Waals surface area contributed by atoms with E-state index in [9.17, 15) is 9.59 Å². The summed E-state index contributed by atoms with van der Waals surface area (Å²) in [4.78, 5) is 21.9. The monoisotopic (exact) mass is 158 g/mol. The van der Waals surface area contributed by atoms with Crippen LogP contribution in [-0.2, 0) is 9.59 Å². The lowest BCUT2D eigenvalue weighted by molar-refractivity contribution is -0.142. The lowest BCUT2D eigenvalue weighted by Gasteiger charge is -2.09. The van der Waals surface area contributed by atoms with E-state index >= 15 is 0 Å². The zero-order chi connectivity index (χ0) is 8.48. The first-order chi connectivity index (χ1) is 5.17. The number of carbonyl (C=O) groups is 2. The van der Waals surface area contributed by atoms with Crippen LogP contribution in [0.4, 0.5) is 0 Å². The van der Waals surface area contributed by atoms with Gasteiger partial charge in [0.2, 0.25) is 5.91 Å². The summed E-state index contributed by atoms with van der Waals surface area (Å²) in [5.74, 6) is -0.944. The van der Waals surface area contributed by atoms with Crippen LogP contribution < -0.4 is 10.8 Å². The Balaban J connectivity index is 2.67. The Morgan fingerprint density at radius 1 is 1.36 bits per heavy atom. The molecule has 0 radical (unpaired) electrons. The van der Waals surface area contributed by atoms with Crippen LogP contribution in [-0.4, -0.2) is 24.1 Å². The quantitative estimate of drug-likeness (QED) is 0.274. The van der Waals surface area contributed by atoms with Gasteiger partial charge in [-0.3, -0.25) is 14.8 Å². The van der Waals surface area contributed by atoms with Gasteiger partial charge in [0.05, 0.1) is 0 Å². The maximum absolute atomic E-state index is 11.0. The molecule has 5 nitrogen and oxygen atoms in total. The summed E-state index contributed by atoms with van der Waals surface area (Å²) in [5.41, 5.74) is 0.501. The molecule has 1 saturated carbocycles. The van der Waals surface area contributed by atoms with E-state index in [1.165, 1.54) is 12.5 Å². The molecule has 0 aromatic rings. The first-order valence-electron chi connectivity index (χ1n) is 3.34. The van der Waals surface area contributed by atoms with Gasteiger partial charge in [0.15, 0.2) is 0 Å². The Morgan fingerprint density at radius 2 is 1.91 bits per heavy atom. The molecule has 0 atom stereocenters. The van der Waals surface area contributed by atoms with Crippen molar-refractivity contribution in [1.29, 1.82) is 0 Å². The van der Waals surface area contributed by atoms with Gasteiger partial charge in [0.25, 0.3) is 5.91 Å². The fourth-order valence-electron chi connectivity index (χ4n) is 1.03. The molecule has 5 heteroatoms. The molecule has 1 fully saturated rings. The van der Waals surface area contributed by atoms with Gasteiger partial charge in [-0.15, -0.1) is 0 Å². The molecule has 0 bridgehead atoms. The highest BCUT2D eigenvalue weighted by Gasteiger charge is 2.56. The first kappa shape index (κ1) is 8.00. The van der Waals surface area contributed by atoms with Crippen LogP contribution in [0.25, 0.3) is 0 Å². The average molecular weight is 158 g/mol. The molecule has 1 aliphatic rings. The molecule has 0 unspecified atom stereocenters. The van der Waals surface area contributed by atoms with Gasteiger partial charge in [-0.05, 0) is 12.8 Å². The number of hydroxylamine groups is 1. The highest BCUT2D eigenvalue weighted by molar-refractivity contribution is 6.07. The Hall–Kier alpha value is -1.10. The number of hydrogen-bond donors (Lipinski definition) is 3. The summed E-state index contributed by atoms with van der Waals surface area (Å²) in [6.07, 6.45) is 1.03. The normalized spacial score (nSPS) is 18.7. The second kappa shape index (κ2) is 2.50. The fraction of sp³-hybridized carbons (Fsp3) is 0.667. The molecule has 1 rings (SSSR count). The van der Waals surface area contributed by atoms with Gasteiger partial charge in [0, 0.05) is 7.05 Å². The highest BCUT2D eigenvalue weighted by atomic mass is 16.5. The molecule has 2 amide bonds. The smallest absolute Gasteiger partial charge is 0.259 e. The van der Waals surface area contributed by atoms with Crippen molar-refractivity contribution in [2.75, 3.05) is 7.05 Å². The minimum absolute atomic E-state index is 0.330. The third-order valence-corrected chi connectivity index (χ3v) is 1.95. The molecular formula is C6H10N2O3. The predicted octanol–water partition coefficient (Wildman–Crippen LogP) is -0.982. The van der Waals surface area contributed by atoms with E-state index in [0.717, 1.165) is 0 Å². The van der Waals surface area contributed by atoms with Crippen LogP contribution in [0.5, 0.6) is 0 Å². The average Bonchev–Trinajstić information content (AvgIpc) is 2.82. The van der Waals surface area contributed by atoms with Crippen LogP contribution in [0.1, 0.15) is 12.8 Å². The maximum atomic E-state index is 11.0. The number of hydrogen-bond acceptors (Lipinski definition) is 3. The second-order valence-electron chi connectivity index (χ2n) is 2.60. The lowest BCUT2D eigenvalue weighted by Crippen LogP contribution is -2.40. The number of carbonyl (C=O) groups excluding carboxylic acids is 2. The lowest BCUT2D eigenvalue weighted by atomic mass is 10.1. The largest absolute Gasteiger partial charge is 0.358 e. The summed E-state index contributed by atoms with van der Waals surface area (Å²) >= 11 is 0. The van der Waals surface area contributed by atoms with Gasteiger partial charge < -0.3 is 5.32 Å². The van der Waals surface area contributed by atoms with Gasteiger partial charge in [0.1, 0.15) is 5.41 Å². The molecule has 0 heterocycles. The van der Waals surface area contributed by atoms with Crippen LogP contribution in [0.15, 0.2) is 0 Å². The van der Waals surface area contributed by atoms with Crippen molar-refractivity contribution >= 4 is 11.8 Å². The second-order valence-corrected chi connectivity index (χ2v) is 2.60. The molecule has 0 aliphatic heterocycles. The van der Waals surface area contributed by atoms with Crippen molar-refractivity contribution in [1.82, 2.24) is 10.8 Å². The molecule has 0 aromatic carbocycles. The Bertz CT molecular complexity index is 180. The minimum Gasteiger partial charge on any atom is -0.358 e. The standard InChI is InChI=1S/C6H10N2O3/c1-7-4(9)6(2-3-6)5(10)8-11/h11H,2-3H2,1H3,(H,7,9)(H,8,10). The number of nitrogens with one attached hydrogen (secondary N) is 2. The summed E-state index contributed by atoms with van der Waals surface area (Å²) < 4.78 is 0. The van der Waals surface area contributed by atoms with Crippen molar-refractivity contribution in [3.8, 4) is 0 Å². The summed E-state index contributed by atoms with van der Waals surface area (Å²) in [6.45, 7) is 0. The highest BCUT2D eigenvalue weighted by Crippen LogP contribution is 2.45. The molecule has 0 saturated heterocycles.